The number of halogens is 1. The molecule has 0 amide bonds. The Bertz CT molecular complexity index is 670. The van der Waals surface area contributed by atoms with Crippen molar-refractivity contribution in [1.82, 2.24) is 0 Å². The van der Waals surface area contributed by atoms with Crippen molar-refractivity contribution >= 4 is 27.4 Å². The van der Waals surface area contributed by atoms with Gasteiger partial charge in [-0.3, -0.25) is 0 Å². The van der Waals surface area contributed by atoms with Gasteiger partial charge >= 0.3 is 5.97 Å². The third-order valence-electron chi connectivity index (χ3n) is 3.02. The van der Waals surface area contributed by atoms with Gasteiger partial charge in [0.2, 0.25) is 0 Å². The SMILES string of the molecule is COc1cc(C(=O)O)cc(Cl)c1OC1CS(=O)(=O)CC1O. The maximum Gasteiger partial charge on any atom is 0.335 e. The number of carbonyl (C=O) groups is 1. The Labute approximate surface area is 126 Å². The Morgan fingerprint density at radius 3 is 2.52 bits per heavy atom. The molecule has 0 saturated carbocycles. The van der Waals surface area contributed by atoms with E-state index in [-0.39, 0.29) is 33.6 Å². The van der Waals surface area contributed by atoms with Crippen LogP contribution in [0.5, 0.6) is 11.5 Å². The molecular weight excluding hydrogens is 324 g/mol. The molecule has 1 aliphatic rings. The van der Waals surface area contributed by atoms with Crippen LogP contribution in [0.25, 0.3) is 0 Å². The number of rotatable bonds is 4. The number of hydrogen-bond acceptors (Lipinski definition) is 6. The van der Waals surface area contributed by atoms with E-state index in [9.17, 15) is 18.3 Å². The molecule has 0 spiro atoms. The minimum Gasteiger partial charge on any atom is -0.493 e. The summed E-state index contributed by atoms with van der Waals surface area (Å²) < 4.78 is 33.3. The minimum atomic E-state index is -3.37. The van der Waals surface area contributed by atoms with Gasteiger partial charge in [-0.25, -0.2) is 13.2 Å². The van der Waals surface area contributed by atoms with Gasteiger partial charge in [-0.2, -0.15) is 0 Å². The van der Waals surface area contributed by atoms with Crippen LogP contribution < -0.4 is 9.47 Å². The van der Waals surface area contributed by atoms with E-state index in [0.717, 1.165) is 6.07 Å². The van der Waals surface area contributed by atoms with Crippen LogP contribution in [0.4, 0.5) is 0 Å². The maximum absolute atomic E-state index is 11.4. The van der Waals surface area contributed by atoms with Crippen molar-refractivity contribution in [3.63, 3.8) is 0 Å². The fourth-order valence-electron chi connectivity index (χ4n) is 2.02. The van der Waals surface area contributed by atoms with Crippen LogP contribution in [0.1, 0.15) is 10.4 Å². The van der Waals surface area contributed by atoms with Gasteiger partial charge in [0.25, 0.3) is 0 Å². The van der Waals surface area contributed by atoms with Crippen LogP contribution in [0.2, 0.25) is 5.02 Å². The molecule has 116 valence electrons. The summed E-state index contributed by atoms with van der Waals surface area (Å²) >= 11 is 5.96. The van der Waals surface area contributed by atoms with E-state index in [1.54, 1.807) is 0 Å². The highest BCUT2D eigenvalue weighted by Gasteiger charge is 2.39. The Morgan fingerprint density at radius 2 is 2.05 bits per heavy atom. The van der Waals surface area contributed by atoms with Crippen molar-refractivity contribution in [3.05, 3.63) is 22.7 Å². The minimum absolute atomic E-state index is 0.00492. The Balaban J connectivity index is 2.34. The molecule has 1 aliphatic heterocycles. The number of carboxylic acids is 1. The predicted octanol–water partition coefficient (Wildman–Crippen LogP) is 0.583. The zero-order valence-electron chi connectivity index (χ0n) is 10.9. The van der Waals surface area contributed by atoms with Crippen molar-refractivity contribution in [3.8, 4) is 11.5 Å². The summed E-state index contributed by atoms with van der Waals surface area (Å²) in [6, 6.07) is 2.37. The molecule has 1 saturated heterocycles. The average Bonchev–Trinajstić information content (AvgIpc) is 2.64. The number of aliphatic hydroxyl groups is 1. The Hall–Kier alpha value is -1.51. The molecule has 9 heteroatoms. The number of methoxy groups -OCH3 is 1. The molecular formula is C12H13ClO7S. The summed E-state index contributed by atoms with van der Waals surface area (Å²) in [7, 11) is -2.07. The van der Waals surface area contributed by atoms with Crippen LogP contribution in [0, 0.1) is 0 Å². The van der Waals surface area contributed by atoms with Gasteiger partial charge in [0, 0.05) is 0 Å². The summed E-state index contributed by atoms with van der Waals surface area (Å²) in [5.74, 6) is -1.86. The quantitative estimate of drug-likeness (QED) is 0.827. The molecule has 1 aromatic carbocycles. The largest absolute Gasteiger partial charge is 0.493 e. The van der Waals surface area contributed by atoms with Crippen molar-refractivity contribution in [2.75, 3.05) is 18.6 Å². The van der Waals surface area contributed by atoms with Crippen LogP contribution in [-0.4, -0.2) is 55.4 Å². The van der Waals surface area contributed by atoms with Crippen molar-refractivity contribution in [2.45, 2.75) is 12.2 Å². The lowest BCUT2D eigenvalue weighted by molar-refractivity contribution is 0.0689. The number of carboxylic acid groups (broad SMARTS) is 1. The van der Waals surface area contributed by atoms with Crippen LogP contribution in [-0.2, 0) is 9.84 Å². The zero-order chi connectivity index (χ0) is 15.8. The molecule has 1 fully saturated rings. The van der Waals surface area contributed by atoms with Crippen LogP contribution in [0.3, 0.4) is 0 Å². The molecule has 2 N–H and O–H groups in total. The maximum atomic E-state index is 11.4. The fourth-order valence-corrected chi connectivity index (χ4v) is 3.94. The number of benzene rings is 1. The molecule has 0 aliphatic carbocycles. The number of aliphatic hydroxyl groups excluding tert-OH is 1. The topological polar surface area (TPSA) is 110 Å². The van der Waals surface area contributed by atoms with Crippen LogP contribution in [0.15, 0.2) is 12.1 Å². The highest BCUT2D eigenvalue weighted by Crippen LogP contribution is 2.38. The zero-order valence-corrected chi connectivity index (χ0v) is 12.5. The third-order valence-corrected chi connectivity index (χ3v) is 4.98. The smallest absolute Gasteiger partial charge is 0.335 e. The van der Waals surface area contributed by atoms with E-state index in [2.05, 4.69) is 0 Å². The molecule has 21 heavy (non-hydrogen) atoms. The molecule has 1 aromatic rings. The Morgan fingerprint density at radius 1 is 1.38 bits per heavy atom. The van der Waals surface area contributed by atoms with Gasteiger partial charge in [-0.15, -0.1) is 0 Å². The summed E-state index contributed by atoms with van der Waals surface area (Å²) in [5, 5.41) is 18.6. The number of ether oxygens (including phenoxy) is 2. The van der Waals surface area contributed by atoms with Gasteiger partial charge in [0.1, 0.15) is 12.2 Å². The average molecular weight is 337 g/mol. The van der Waals surface area contributed by atoms with E-state index < -0.39 is 28.0 Å². The van der Waals surface area contributed by atoms with Crippen molar-refractivity contribution in [1.29, 1.82) is 0 Å². The fraction of sp³-hybridized carbons (Fsp3) is 0.417. The van der Waals surface area contributed by atoms with Gasteiger partial charge in [0.05, 0.1) is 29.2 Å². The summed E-state index contributed by atoms with van der Waals surface area (Å²) in [5.41, 5.74) is -0.0937. The molecule has 2 unspecified atom stereocenters. The van der Waals surface area contributed by atoms with Gasteiger partial charge in [-0.1, -0.05) is 11.6 Å². The first-order valence-electron chi connectivity index (χ1n) is 5.89. The monoisotopic (exact) mass is 336 g/mol. The second-order valence-electron chi connectivity index (χ2n) is 4.60. The van der Waals surface area contributed by atoms with E-state index in [1.807, 2.05) is 0 Å². The second kappa shape index (κ2) is 5.70. The van der Waals surface area contributed by atoms with Crippen molar-refractivity contribution < 1.29 is 32.9 Å². The lowest BCUT2D eigenvalue weighted by atomic mass is 10.2. The standard InChI is InChI=1S/C12H13ClO7S/c1-19-9-3-6(12(15)16)2-7(13)11(9)20-10-5-21(17,18)4-8(10)14/h2-3,8,10,14H,4-5H2,1H3,(H,15,16). The number of hydrogen-bond donors (Lipinski definition) is 2. The van der Waals surface area contributed by atoms with Crippen LogP contribution >= 0.6 is 11.6 Å². The van der Waals surface area contributed by atoms with Crippen molar-refractivity contribution in [2.24, 2.45) is 0 Å². The normalized spacial score (nSPS) is 23.8. The first-order valence-corrected chi connectivity index (χ1v) is 8.09. The van der Waals surface area contributed by atoms with Gasteiger partial charge in [0.15, 0.2) is 21.3 Å². The molecule has 0 bridgehead atoms. The second-order valence-corrected chi connectivity index (χ2v) is 7.16. The molecule has 0 aromatic heterocycles. The van der Waals surface area contributed by atoms with E-state index >= 15 is 0 Å². The predicted molar refractivity (Wildman–Crippen MR) is 74.0 cm³/mol. The van der Waals surface area contributed by atoms with E-state index in [4.69, 9.17) is 26.2 Å². The summed E-state index contributed by atoms with van der Waals surface area (Å²) in [6.07, 6.45) is -2.15. The lowest BCUT2D eigenvalue weighted by Gasteiger charge is -2.19. The molecule has 2 atom stereocenters. The third kappa shape index (κ3) is 3.39. The Kier molecular flexibility index (Phi) is 4.31. The summed E-state index contributed by atoms with van der Waals surface area (Å²) in [4.78, 5) is 10.9. The van der Waals surface area contributed by atoms with E-state index in [0.29, 0.717) is 0 Å². The highest BCUT2D eigenvalue weighted by molar-refractivity contribution is 7.91. The highest BCUT2D eigenvalue weighted by atomic mass is 35.5. The van der Waals surface area contributed by atoms with E-state index in [1.165, 1.54) is 13.2 Å². The first-order chi connectivity index (χ1) is 9.73. The molecule has 7 nitrogen and oxygen atoms in total. The molecule has 1 heterocycles. The first kappa shape index (κ1) is 15.9. The molecule has 0 radical (unpaired) electrons. The van der Waals surface area contributed by atoms with Gasteiger partial charge in [-0.05, 0) is 12.1 Å². The number of sulfone groups is 1. The summed E-state index contributed by atoms with van der Waals surface area (Å²) in [6.45, 7) is 0. The number of aromatic carboxylic acids is 1. The van der Waals surface area contributed by atoms with Gasteiger partial charge < -0.3 is 19.7 Å². The lowest BCUT2D eigenvalue weighted by Crippen LogP contribution is -2.30. The molecule has 2 rings (SSSR count).